The maximum atomic E-state index is 13.2. The highest BCUT2D eigenvalue weighted by Crippen LogP contribution is 2.46. The molecule has 0 unspecified atom stereocenters. The Labute approximate surface area is 77.8 Å². The van der Waals surface area contributed by atoms with E-state index in [0.29, 0.717) is 0 Å². The third kappa shape index (κ3) is 2.08. The minimum atomic E-state index is -0.618. The van der Waals surface area contributed by atoms with Crippen molar-refractivity contribution in [2.75, 3.05) is 7.11 Å². The van der Waals surface area contributed by atoms with Crippen LogP contribution in [0.3, 0.4) is 0 Å². The fourth-order valence-electron chi connectivity index (χ4n) is 1.94. The van der Waals surface area contributed by atoms with Crippen LogP contribution in [-0.4, -0.2) is 13.1 Å². The number of carbonyl (C=O) groups excluding carboxylic acids is 1. The van der Waals surface area contributed by atoms with Crippen LogP contribution in [-0.2, 0) is 9.53 Å². The first-order valence-corrected chi connectivity index (χ1v) is 4.52. The van der Waals surface area contributed by atoms with Crippen LogP contribution in [0.15, 0.2) is 12.4 Å². The number of esters is 1. The number of rotatable bonds is 3. The largest absolute Gasteiger partial charge is 0.469 e. The first-order chi connectivity index (χ1) is 6.10. The third-order valence-corrected chi connectivity index (χ3v) is 2.85. The summed E-state index contributed by atoms with van der Waals surface area (Å²) in [6, 6.07) is 0. The second-order valence-corrected chi connectivity index (χ2v) is 3.65. The van der Waals surface area contributed by atoms with Gasteiger partial charge < -0.3 is 4.74 Å². The van der Waals surface area contributed by atoms with Gasteiger partial charge in [0.2, 0.25) is 0 Å². The summed E-state index contributed by atoms with van der Waals surface area (Å²) in [7, 11) is 1.33. The Balaban J connectivity index is 2.68. The summed E-state index contributed by atoms with van der Waals surface area (Å²) in [5.41, 5.74) is -0.618. The maximum absolute atomic E-state index is 13.2. The highest BCUT2D eigenvalue weighted by Gasteiger charge is 2.39. The standard InChI is InChI=1S/C10H15FO2/c1-8(11)10(5-3-4-6-10)7-9(12)13-2/h1,3-7H2,2H3. The van der Waals surface area contributed by atoms with E-state index in [-0.39, 0.29) is 18.2 Å². The molecule has 0 N–H and O–H groups in total. The lowest BCUT2D eigenvalue weighted by Gasteiger charge is -2.24. The zero-order chi connectivity index (χ0) is 9.90. The summed E-state index contributed by atoms with van der Waals surface area (Å²) in [6.45, 7) is 3.32. The van der Waals surface area contributed by atoms with E-state index in [1.165, 1.54) is 7.11 Å². The molecule has 0 aromatic carbocycles. The van der Waals surface area contributed by atoms with Crippen molar-refractivity contribution in [3.8, 4) is 0 Å². The second-order valence-electron chi connectivity index (χ2n) is 3.65. The van der Waals surface area contributed by atoms with Crippen molar-refractivity contribution >= 4 is 5.97 Å². The molecule has 0 atom stereocenters. The predicted octanol–water partition coefficient (Wildman–Crippen LogP) is 2.59. The van der Waals surface area contributed by atoms with Crippen LogP contribution >= 0.6 is 0 Å². The molecule has 1 aliphatic rings. The molecule has 0 saturated heterocycles. The Morgan fingerprint density at radius 1 is 1.54 bits per heavy atom. The number of ether oxygens (including phenoxy) is 1. The number of hydrogen-bond donors (Lipinski definition) is 0. The molecule has 0 aliphatic heterocycles. The van der Waals surface area contributed by atoms with Crippen molar-refractivity contribution in [2.45, 2.75) is 32.1 Å². The topological polar surface area (TPSA) is 26.3 Å². The van der Waals surface area contributed by atoms with E-state index in [2.05, 4.69) is 11.3 Å². The number of halogens is 1. The number of methoxy groups -OCH3 is 1. The van der Waals surface area contributed by atoms with Crippen molar-refractivity contribution in [2.24, 2.45) is 5.41 Å². The van der Waals surface area contributed by atoms with Gasteiger partial charge in [-0.25, -0.2) is 4.39 Å². The molecule has 0 bridgehead atoms. The van der Waals surface area contributed by atoms with Crippen LogP contribution in [0.2, 0.25) is 0 Å². The van der Waals surface area contributed by atoms with Crippen LogP contribution in [0, 0.1) is 5.41 Å². The van der Waals surface area contributed by atoms with E-state index in [1.54, 1.807) is 0 Å². The SMILES string of the molecule is C=C(F)C1(CC(=O)OC)CCCC1. The van der Waals surface area contributed by atoms with Gasteiger partial charge in [0.25, 0.3) is 0 Å². The summed E-state index contributed by atoms with van der Waals surface area (Å²) in [6.07, 6.45) is 3.52. The molecule has 3 heteroatoms. The van der Waals surface area contributed by atoms with Crippen molar-refractivity contribution in [3.63, 3.8) is 0 Å². The summed E-state index contributed by atoms with van der Waals surface area (Å²) >= 11 is 0. The molecule has 0 aromatic heterocycles. The average Bonchev–Trinajstić information content (AvgIpc) is 2.54. The number of carbonyl (C=O) groups is 1. The molecule has 1 rings (SSSR count). The van der Waals surface area contributed by atoms with E-state index in [1.807, 2.05) is 0 Å². The van der Waals surface area contributed by atoms with Crippen molar-refractivity contribution in [3.05, 3.63) is 12.4 Å². The molecule has 0 amide bonds. The molecule has 0 heterocycles. The molecular weight excluding hydrogens is 171 g/mol. The lowest BCUT2D eigenvalue weighted by molar-refractivity contribution is -0.143. The predicted molar refractivity (Wildman–Crippen MR) is 47.8 cm³/mol. The van der Waals surface area contributed by atoms with Gasteiger partial charge in [0.15, 0.2) is 0 Å². The number of allylic oxidation sites excluding steroid dienone is 1. The molecule has 13 heavy (non-hydrogen) atoms. The minimum Gasteiger partial charge on any atom is -0.469 e. The van der Waals surface area contributed by atoms with Crippen LogP contribution in [0.4, 0.5) is 4.39 Å². The van der Waals surface area contributed by atoms with E-state index >= 15 is 0 Å². The number of hydrogen-bond acceptors (Lipinski definition) is 2. The normalized spacial score (nSPS) is 19.8. The fraction of sp³-hybridized carbons (Fsp3) is 0.700. The van der Waals surface area contributed by atoms with Gasteiger partial charge in [-0.15, -0.1) is 0 Å². The molecule has 1 saturated carbocycles. The zero-order valence-corrected chi connectivity index (χ0v) is 7.94. The van der Waals surface area contributed by atoms with Crippen molar-refractivity contribution < 1.29 is 13.9 Å². The van der Waals surface area contributed by atoms with E-state index in [4.69, 9.17) is 0 Å². The summed E-state index contributed by atoms with van der Waals surface area (Å²) in [4.78, 5) is 11.0. The summed E-state index contributed by atoms with van der Waals surface area (Å²) < 4.78 is 17.7. The Morgan fingerprint density at radius 2 is 2.08 bits per heavy atom. The van der Waals surface area contributed by atoms with E-state index in [9.17, 15) is 9.18 Å². The second kappa shape index (κ2) is 3.90. The Morgan fingerprint density at radius 3 is 2.46 bits per heavy atom. The summed E-state index contributed by atoms with van der Waals surface area (Å²) in [5.74, 6) is -0.712. The molecule has 2 nitrogen and oxygen atoms in total. The van der Waals surface area contributed by atoms with Gasteiger partial charge in [-0.1, -0.05) is 19.4 Å². The van der Waals surface area contributed by atoms with Crippen LogP contribution in [0.5, 0.6) is 0 Å². The smallest absolute Gasteiger partial charge is 0.306 e. The minimum absolute atomic E-state index is 0.138. The summed E-state index contributed by atoms with van der Waals surface area (Å²) in [5, 5.41) is 0. The lowest BCUT2D eigenvalue weighted by Crippen LogP contribution is -2.22. The van der Waals surface area contributed by atoms with Crippen molar-refractivity contribution in [1.29, 1.82) is 0 Å². The monoisotopic (exact) mass is 186 g/mol. The third-order valence-electron chi connectivity index (χ3n) is 2.85. The Bertz CT molecular complexity index is 217. The average molecular weight is 186 g/mol. The van der Waals surface area contributed by atoms with Crippen LogP contribution in [0.1, 0.15) is 32.1 Å². The maximum Gasteiger partial charge on any atom is 0.306 e. The molecule has 1 aliphatic carbocycles. The zero-order valence-electron chi connectivity index (χ0n) is 7.94. The van der Waals surface area contributed by atoms with Gasteiger partial charge in [0.05, 0.1) is 19.4 Å². The first kappa shape index (κ1) is 10.2. The molecular formula is C10H15FO2. The molecule has 0 spiro atoms. The van der Waals surface area contributed by atoms with Crippen LogP contribution < -0.4 is 0 Å². The van der Waals surface area contributed by atoms with Gasteiger partial charge in [-0.3, -0.25) is 4.79 Å². The van der Waals surface area contributed by atoms with Gasteiger partial charge in [-0.2, -0.15) is 0 Å². The van der Waals surface area contributed by atoms with Crippen LogP contribution in [0.25, 0.3) is 0 Å². The van der Waals surface area contributed by atoms with E-state index < -0.39 is 5.41 Å². The van der Waals surface area contributed by atoms with Gasteiger partial charge in [-0.05, 0) is 12.8 Å². The highest BCUT2D eigenvalue weighted by atomic mass is 19.1. The molecule has 1 fully saturated rings. The molecule has 0 radical (unpaired) electrons. The Kier molecular flexibility index (Phi) is 3.07. The van der Waals surface area contributed by atoms with Crippen molar-refractivity contribution in [1.82, 2.24) is 0 Å². The molecule has 0 aromatic rings. The van der Waals surface area contributed by atoms with Gasteiger partial charge in [0.1, 0.15) is 0 Å². The van der Waals surface area contributed by atoms with Gasteiger partial charge in [0, 0.05) is 5.41 Å². The van der Waals surface area contributed by atoms with E-state index in [0.717, 1.165) is 25.7 Å². The molecule has 74 valence electrons. The first-order valence-electron chi connectivity index (χ1n) is 4.52. The quantitative estimate of drug-likeness (QED) is 0.633. The fourth-order valence-corrected chi connectivity index (χ4v) is 1.94. The van der Waals surface area contributed by atoms with Gasteiger partial charge >= 0.3 is 5.97 Å². The lowest BCUT2D eigenvalue weighted by atomic mass is 9.82. The Hall–Kier alpha value is -0.860. The highest BCUT2D eigenvalue weighted by molar-refractivity contribution is 5.70.